The monoisotopic (exact) mass is 429 g/mol. The number of rotatable bonds is 1. The molecule has 1 aromatic heterocycles. The molecule has 0 unspecified atom stereocenters. The first kappa shape index (κ1) is 21.6. The summed E-state index contributed by atoms with van der Waals surface area (Å²) in [6, 6.07) is 17.1. The van der Waals surface area contributed by atoms with Crippen molar-refractivity contribution < 1.29 is 14.3 Å². The summed E-state index contributed by atoms with van der Waals surface area (Å²) >= 11 is 0. The van der Waals surface area contributed by atoms with E-state index < -0.39 is 0 Å². The van der Waals surface area contributed by atoms with E-state index >= 15 is 0 Å². The number of benzene rings is 2. The van der Waals surface area contributed by atoms with Crippen LogP contribution in [-0.2, 0) is 13.1 Å². The molecule has 0 fully saturated rings. The van der Waals surface area contributed by atoms with Gasteiger partial charge in [0.1, 0.15) is 5.75 Å². The summed E-state index contributed by atoms with van der Waals surface area (Å²) in [6.07, 6.45) is 4.01. The molecule has 1 aliphatic rings. The molecule has 2 heterocycles. The normalized spacial score (nSPS) is 14.9. The van der Waals surface area contributed by atoms with Crippen molar-refractivity contribution in [2.24, 2.45) is 0 Å². The molecule has 0 atom stereocenters. The maximum Gasteiger partial charge on any atom is 0.257 e. The van der Waals surface area contributed by atoms with Crippen LogP contribution in [0, 0.1) is 6.92 Å². The van der Waals surface area contributed by atoms with Crippen molar-refractivity contribution in [3.8, 4) is 5.75 Å². The van der Waals surface area contributed by atoms with Crippen molar-refractivity contribution in [3.05, 3.63) is 94.8 Å². The second-order valence-corrected chi connectivity index (χ2v) is 8.10. The Morgan fingerprint density at radius 3 is 2.62 bits per heavy atom. The number of nitrogens with zero attached hydrogens (tertiary/aromatic N) is 3. The quantitative estimate of drug-likeness (QED) is 0.585. The lowest BCUT2D eigenvalue weighted by Crippen LogP contribution is -2.33. The molecule has 3 aromatic rings. The largest absolute Gasteiger partial charge is 0.493 e. The van der Waals surface area contributed by atoms with Crippen molar-refractivity contribution in [2.75, 3.05) is 20.2 Å². The molecule has 0 saturated carbocycles. The Balaban J connectivity index is 1.66. The zero-order chi connectivity index (χ0) is 22.5. The van der Waals surface area contributed by atoms with Crippen LogP contribution in [0.2, 0.25) is 0 Å². The van der Waals surface area contributed by atoms with Crippen LogP contribution >= 0.6 is 0 Å². The Morgan fingerprint density at radius 1 is 1.03 bits per heavy atom. The number of carbonyl (C=O) groups excluding carboxylic acids is 2. The van der Waals surface area contributed by atoms with E-state index in [-0.39, 0.29) is 11.8 Å². The Labute approximate surface area is 188 Å². The molecule has 164 valence electrons. The van der Waals surface area contributed by atoms with Crippen molar-refractivity contribution in [2.45, 2.75) is 26.4 Å². The zero-order valence-corrected chi connectivity index (χ0v) is 18.5. The number of ether oxygens (including phenoxy) is 1. The van der Waals surface area contributed by atoms with Gasteiger partial charge in [0.15, 0.2) is 0 Å². The van der Waals surface area contributed by atoms with Crippen molar-refractivity contribution in [3.63, 3.8) is 0 Å². The predicted octanol–water partition coefficient (Wildman–Crippen LogP) is 4.09. The molecule has 0 aliphatic carbocycles. The number of fused-ring (bicyclic) bond motifs is 3. The highest BCUT2D eigenvalue weighted by atomic mass is 16.5. The summed E-state index contributed by atoms with van der Waals surface area (Å²) in [4.78, 5) is 34.0. The van der Waals surface area contributed by atoms with Crippen LogP contribution in [-0.4, -0.2) is 46.8 Å². The molecule has 4 rings (SSSR count). The van der Waals surface area contributed by atoms with E-state index in [0.29, 0.717) is 49.5 Å². The van der Waals surface area contributed by atoms with E-state index in [9.17, 15) is 9.59 Å². The van der Waals surface area contributed by atoms with Crippen LogP contribution in [0.15, 0.2) is 67.0 Å². The van der Waals surface area contributed by atoms with Crippen LogP contribution in [0.3, 0.4) is 0 Å². The summed E-state index contributed by atoms with van der Waals surface area (Å²) in [5, 5.41) is 0. The Morgan fingerprint density at radius 2 is 1.81 bits per heavy atom. The summed E-state index contributed by atoms with van der Waals surface area (Å²) in [7, 11) is 1.79. The van der Waals surface area contributed by atoms with E-state index in [1.54, 1.807) is 36.5 Å². The third-order valence-corrected chi connectivity index (χ3v) is 5.62. The van der Waals surface area contributed by atoms with E-state index in [2.05, 4.69) is 11.1 Å². The van der Waals surface area contributed by atoms with Crippen molar-refractivity contribution in [1.82, 2.24) is 14.8 Å². The smallest absolute Gasteiger partial charge is 0.257 e. The second kappa shape index (κ2) is 9.64. The highest BCUT2D eigenvalue weighted by molar-refractivity contribution is 5.97. The van der Waals surface area contributed by atoms with Gasteiger partial charge in [-0.3, -0.25) is 14.6 Å². The molecular formula is C26H27N3O3. The average molecular weight is 430 g/mol. The molecule has 1 aliphatic heterocycles. The van der Waals surface area contributed by atoms with Crippen LogP contribution in [0.4, 0.5) is 0 Å². The first-order valence-corrected chi connectivity index (χ1v) is 10.8. The molecule has 0 spiro atoms. The molecule has 2 aromatic carbocycles. The molecule has 0 radical (unpaired) electrons. The van der Waals surface area contributed by atoms with Gasteiger partial charge in [-0.15, -0.1) is 0 Å². The number of para-hydroxylation sites is 1. The van der Waals surface area contributed by atoms with Gasteiger partial charge in [0.05, 0.1) is 12.2 Å². The third-order valence-electron chi connectivity index (χ3n) is 5.62. The highest BCUT2D eigenvalue weighted by Crippen LogP contribution is 2.22. The molecule has 6 heteroatoms. The lowest BCUT2D eigenvalue weighted by molar-refractivity contribution is 0.0732. The van der Waals surface area contributed by atoms with E-state index in [1.807, 2.05) is 48.2 Å². The topological polar surface area (TPSA) is 62.7 Å². The maximum absolute atomic E-state index is 13.4. The molecule has 32 heavy (non-hydrogen) atoms. The summed E-state index contributed by atoms with van der Waals surface area (Å²) in [5.74, 6) is 0.473. The van der Waals surface area contributed by atoms with E-state index in [0.717, 1.165) is 16.7 Å². The van der Waals surface area contributed by atoms with Gasteiger partial charge in [-0.2, -0.15) is 0 Å². The molecule has 6 nitrogen and oxygen atoms in total. The van der Waals surface area contributed by atoms with Gasteiger partial charge in [0.2, 0.25) is 0 Å². The SMILES string of the molecule is Cc1cnccc1C(=O)N1CCCOc2ccccc2C(=O)N(C)Cc2cccc(c2)C1. The number of hydrogen-bond donors (Lipinski definition) is 0. The number of carbonyl (C=O) groups is 2. The van der Waals surface area contributed by atoms with Gasteiger partial charge in [-0.05, 0) is 48.2 Å². The van der Waals surface area contributed by atoms with Gasteiger partial charge < -0.3 is 14.5 Å². The first-order valence-electron chi connectivity index (χ1n) is 10.8. The van der Waals surface area contributed by atoms with Crippen LogP contribution in [0.25, 0.3) is 0 Å². The molecular weight excluding hydrogens is 402 g/mol. The van der Waals surface area contributed by atoms with Gasteiger partial charge in [0.25, 0.3) is 11.8 Å². The lowest BCUT2D eigenvalue weighted by atomic mass is 10.1. The summed E-state index contributed by atoms with van der Waals surface area (Å²) in [6.45, 7) is 3.81. The lowest BCUT2D eigenvalue weighted by Gasteiger charge is -2.25. The second-order valence-electron chi connectivity index (χ2n) is 8.10. The Kier molecular flexibility index (Phi) is 6.50. The summed E-state index contributed by atoms with van der Waals surface area (Å²) in [5.41, 5.74) is 4.11. The Bertz CT molecular complexity index is 1130. The number of pyridine rings is 1. The maximum atomic E-state index is 13.4. The van der Waals surface area contributed by atoms with E-state index in [4.69, 9.17) is 4.74 Å². The van der Waals surface area contributed by atoms with Crippen LogP contribution in [0.5, 0.6) is 5.75 Å². The number of hydrogen-bond acceptors (Lipinski definition) is 4. The molecule has 0 saturated heterocycles. The minimum Gasteiger partial charge on any atom is -0.493 e. The van der Waals surface area contributed by atoms with Gasteiger partial charge in [-0.1, -0.05) is 36.4 Å². The van der Waals surface area contributed by atoms with Crippen molar-refractivity contribution >= 4 is 11.8 Å². The summed E-state index contributed by atoms with van der Waals surface area (Å²) < 4.78 is 5.96. The fraction of sp³-hybridized carbons (Fsp3) is 0.269. The molecule has 2 bridgehead atoms. The number of amides is 2. The first-order chi connectivity index (χ1) is 15.5. The zero-order valence-electron chi connectivity index (χ0n) is 18.5. The standard InChI is InChI=1S/C26H27N3O3/c1-19-16-27-12-11-22(19)26(31)29-13-6-14-32-24-10-4-3-9-23(24)25(30)28(2)17-20-7-5-8-21(15-20)18-29/h3-5,7-12,15-16H,6,13-14,17-18H2,1-2H3. The minimum absolute atomic E-state index is 0.0184. The Hall–Kier alpha value is -3.67. The van der Waals surface area contributed by atoms with Crippen LogP contribution < -0.4 is 4.74 Å². The molecule has 2 amide bonds. The van der Waals surface area contributed by atoms with Gasteiger partial charge in [0, 0.05) is 44.6 Å². The number of aromatic nitrogens is 1. The fourth-order valence-corrected chi connectivity index (χ4v) is 3.94. The predicted molar refractivity (Wildman–Crippen MR) is 123 cm³/mol. The minimum atomic E-state index is -0.0759. The van der Waals surface area contributed by atoms with Crippen molar-refractivity contribution in [1.29, 1.82) is 0 Å². The average Bonchev–Trinajstić information content (AvgIpc) is 2.80. The van der Waals surface area contributed by atoms with Gasteiger partial charge >= 0.3 is 0 Å². The van der Waals surface area contributed by atoms with Crippen LogP contribution in [0.1, 0.15) is 43.8 Å². The van der Waals surface area contributed by atoms with E-state index in [1.165, 1.54) is 0 Å². The fourth-order valence-electron chi connectivity index (χ4n) is 3.94. The third kappa shape index (κ3) is 4.80. The molecule has 0 N–H and O–H groups in total. The highest BCUT2D eigenvalue weighted by Gasteiger charge is 2.20. The number of aryl methyl sites for hydroxylation is 1. The van der Waals surface area contributed by atoms with Gasteiger partial charge in [-0.25, -0.2) is 0 Å².